The van der Waals surface area contributed by atoms with Gasteiger partial charge in [-0.05, 0) is 30.3 Å². The first kappa shape index (κ1) is 23.7. The van der Waals surface area contributed by atoms with Gasteiger partial charge in [-0.1, -0.05) is 0 Å². The number of morpholine rings is 1. The van der Waals surface area contributed by atoms with E-state index in [0.29, 0.717) is 38.9 Å². The van der Waals surface area contributed by atoms with E-state index in [2.05, 4.69) is 19.8 Å². The van der Waals surface area contributed by atoms with Crippen molar-refractivity contribution in [1.29, 1.82) is 0 Å². The summed E-state index contributed by atoms with van der Waals surface area (Å²) >= 11 is 0. The van der Waals surface area contributed by atoms with Gasteiger partial charge in [0.15, 0.2) is 0 Å². The van der Waals surface area contributed by atoms with Gasteiger partial charge >= 0.3 is 12.1 Å². The van der Waals surface area contributed by atoms with E-state index < -0.39 is 17.7 Å². The number of ether oxygens (including phenoxy) is 2. The van der Waals surface area contributed by atoms with Crippen LogP contribution >= 0.6 is 0 Å². The SMILES string of the molecule is Fc1ccc(N2CCOC3(COCCN(c4ncccn4)C3)C2)cc1.O=C(O)C(F)(F)F. The number of nitrogens with zero attached hydrogens (tertiary/aromatic N) is 4. The summed E-state index contributed by atoms with van der Waals surface area (Å²) in [5, 5.41) is 7.12. The van der Waals surface area contributed by atoms with Crippen LogP contribution in [0, 0.1) is 5.82 Å². The highest BCUT2D eigenvalue weighted by Gasteiger charge is 2.41. The first-order valence-corrected chi connectivity index (χ1v) is 9.73. The lowest BCUT2D eigenvalue weighted by atomic mass is 10.0. The van der Waals surface area contributed by atoms with Crippen LogP contribution in [0.25, 0.3) is 0 Å². The van der Waals surface area contributed by atoms with Crippen LogP contribution in [0.3, 0.4) is 0 Å². The number of anilines is 2. The second-order valence-corrected chi connectivity index (χ2v) is 7.26. The van der Waals surface area contributed by atoms with E-state index in [1.807, 2.05) is 12.1 Å². The fourth-order valence-corrected chi connectivity index (χ4v) is 3.43. The lowest BCUT2D eigenvalue weighted by Gasteiger charge is -2.44. The maximum Gasteiger partial charge on any atom is 0.490 e. The lowest BCUT2D eigenvalue weighted by molar-refractivity contribution is -0.192. The molecular weight excluding hydrogens is 436 g/mol. The third-order valence-corrected chi connectivity index (χ3v) is 4.87. The van der Waals surface area contributed by atoms with Crippen LogP contribution in [-0.2, 0) is 14.3 Å². The van der Waals surface area contributed by atoms with Gasteiger partial charge in [0.2, 0.25) is 5.95 Å². The number of halogens is 4. The summed E-state index contributed by atoms with van der Waals surface area (Å²) in [6, 6.07) is 8.41. The molecule has 4 rings (SSSR count). The van der Waals surface area contributed by atoms with Crippen LogP contribution in [-0.4, -0.2) is 78.8 Å². The molecule has 0 bridgehead atoms. The maximum atomic E-state index is 13.2. The smallest absolute Gasteiger partial charge is 0.475 e. The summed E-state index contributed by atoms with van der Waals surface area (Å²) in [6.45, 7) is 4.58. The summed E-state index contributed by atoms with van der Waals surface area (Å²) in [5.41, 5.74) is 0.540. The number of alkyl halides is 3. The van der Waals surface area contributed by atoms with Gasteiger partial charge in [-0.3, -0.25) is 0 Å². The largest absolute Gasteiger partial charge is 0.490 e. The molecule has 2 aliphatic rings. The average molecular weight is 458 g/mol. The zero-order valence-corrected chi connectivity index (χ0v) is 17.0. The number of benzene rings is 1. The van der Waals surface area contributed by atoms with Crippen molar-refractivity contribution in [3.63, 3.8) is 0 Å². The quantitative estimate of drug-likeness (QED) is 0.687. The van der Waals surface area contributed by atoms with E-state index in [4.69, 9.17) is 19.4 Å². The Bertz CT molecular complexity index is 885. The van der Waals surface area contributed by atoms with E-state index in [0.717, 1.165) is 18.8 Å². The topological polar surface area (TPSA) is 88.0 Å². The fraction of sp³-hybridized carbons (Fsp3) is 0.450. The molecule has 0 saturated carbocycles. The van der Waals surface area contributed by atoms with E-state index >= 15 is 0 Å². The van der Waals surface area contributed by atoms with E-state index in [-0.39, 0.29) is 5.82 Å². The van der Waals surface area contributed by atoms with Crippen LogP contribution in [0.4, 0.5) is 29.2 Å². The number of rotatable bonds is 2. The highest BCUT2D eigenvalue weighted by molar-refractivity contribution is 5.73. The molecule has 2 aliphatic heterocycles. The molecule has 3 heterocycles. The molecule has 0 aliphatic carbocycles. The van der Waals surface area contributed by atoms with Gasteiger partial charge in [0.25, 0.3) is 0 Å². The molecular formula is C20H22F4N4O4. The summed E-state index contributed by atoms with van der Waals surface area (Å²) < 4.78 is 57.0. The van der Waals surface area contributed by atoms with E-state index in [1.54, 1.807) is 18.5 Å². The maximum absolute atomic E-state index is 13.2. The molecule has 1 atom stereocenters. The van der Waals surface area contributed by atoms with Crippen molar-refractivity contribution in [2.45, 2.75) is 11.8 Å². The summed E-state index contributed by atoms with van der Waals surface area (Å²) in [4.78, 5) is 21.9. The van der Waals surface area contributed by atoms with Crippen molar-refractivity contribution < 1.29 is 36.9 Å². The minimum Gasteiger partial charge on any atom is -0.475 e. The fourth-order valence-electron chi connectivity index (χ4n) is 3.43. The van der Waals surface area contributed by atoms with Crippen molar-refractivity contribution in [3.05, 3.63) is 48.5 Å². The van der Waals surface area contributed by atoms with Gasteiger partial charge < -0.3 is 24.4 Å². The van der Waals surface area contributed by atoms with Crippen LogP contribution in [0.1, 0.15) is 0 Å². The highest BCUT2D eigenvalue weighted by Crippen LogP contribution is 2.27. The number of carbonyl (C=O) groups is 1. The number of aliphatic carboxylic acids is 1. The molecule has 2 aromatic rings. The van der Waals surface area contributed by atoms with Crippen molar-refractivity contribution in [2.24, 2.45) is 0 Å². The molecule has 0 radical (unpaired) electrons. The molecule has 1 spiro atoms. The van der Waals surface area contributed by atoms with Gasteiger partial charge in [0, 0.05) is 31.2 Å². The predicted molar refractivity (Wildman–Crippen MR) is 106 cm³/mol. The first-order valence-electron chi connectivity index (χ1n) is 9.73. The Morgan fingerprint density at radius 2 is 1.62 bits per heavy atom. The first-order chi connectivity index (χ1) is 15.2. The summed E-state index contributed by atoms with van der Waals surface area (Å²) in [5.74, 6) is -2.29. The third kappa shape index (κ3) is 6.26. The van der Waals surface area contributed by atoms with Crippen molar-refractivity contribution in [2.75, 3.05) is 55.8 Å². The molecule has 0 amide bonds. The number of aromatic nitrogens is 2. The van der Waals surface area contributed by atoms with Gasteiger partial charge in [0.1, 0.15) is 11.4 Å². The molecule has 2 fully saturated rings. The van der Waals surface area contributed by atoms with E-state index in [9.17, 15) is 17.6 Å². The highest BCUT2D eigenvalue weighted by atomic mass is 19.4. The van der Waals surface area contributed by atoms with Crippen molar-refractivity contribution in [1.82, 2.24) is 9.97 Å². The van der Waals surface area contributed by atoms with Crippen LogP contribution < -0.4 is 9.80 Å². The van der Waals surface area contributed by atoms with Gasteiger partial charge in [-0.2, -0.15) is 13.2 Å². The Balaban J connectivity index is 0.000000360. The van der Waals surface area contributed by atoms with Crippen LogP contribution in [0.5, 0.6) is 0 Å². The molecule has 1 unspecified atom stereocenters. The van der Waals surface area contributed by atoms with Gasteiger partial charge in [0.05, 0.1) is 32.9 Å². The Hall–Kier alpha value is -2.99. The minimum atomic E-state index is -5.08. The molecule has 12 heteroatoms. The third-order valence-electron chi connectivity index (χ3n) is 4.87. The Morgan fingerprint density at radius 3 is 2.25 bits per heavy atom. The van der Waals surface area contributed by atoms with Gasteiger partial charge in [-0.25, -0.2) is 19.2 Å². The lowest BCUT2D eigenvalue weighted by Crippen LogP contribution is -2.59. The summed E-state index contributed by atoms with van der Waals surface area (Å²) in [6.07, 6.45) is -1.60. The van der Waals surface area contributed by atoms with Gasteiger partial charge in [-0.15, -0.1) is 0 Å². The summed E-state index contributed by atoms with van der Waals surface area (Å²) in [7, 11) is 0. The predicted octanol–water partition coefficient (Wildman–Crippen LogP) is 2.36. The number of carboxylic acids is 1. The van der Waals surface area contributed by atoms with E-state index in [1.165, 1.54) is 12.1 Å². The number of hydrogen-bond donors (Lipinski definition) is 1. The molecule has 2 saturated heterocycles. The average Bonchev–Trinajstić information content (AvgIpc) is 2.97. The number of hydrogen-bond acceptors (Lipinski definition) is 7. The Morgan fingerprint density at radius 1 is 1.03 bits per heavy atom. The molecule has 32 heavy (non-hydrogen) atoms. The standard InChI is InChI=1S/C18H21FN4O2.C2HF3O2/c19-15-2-4-16(5-3-15)22-9-11-25-18(12-22)13-23(8-10-24-14-18)17-20-6-1-7-21-17;3-2(4,5)1(6)7/h1-7H,8-14H2;(H,6,7). The molecule has 1 aromatic carbocycles. The zero-order valence-electron chi connectivity index (χ0n) is 17.0. The Labute approximate surface area is 181 Å². The molecule has 1 aromatic heterocycles. The van der Waals surface area contributed by atoms with Crippen LogP contribution in [0.2, 0.25) is 0 Å². The van der Waals surface area contributed by atoms with Crippen molar-refractivity contribution in [3.8, 4) is 0 Å². The second-order valence-electron chi connectivity index (χ2n) is 7.26. The van der Waals surface area contributed by atoms with Crippen molar-refractivity contribution >= 4 is 17.6 Å². The second kappa shape index (κ2) is 10.1. The molecule has 174 valence electrons. The Kier molecular flexibility index (Phi) is 7.46. The van der Waals surface area contributed by atoms with Crippen LogP contribution in [0.15, 0.2) is 42.7 Å². The monoisotopic (exact) mass is 458 g/mol. The minimum absolute atomic E-state index is 0.225. The molecule has 8 nitrogen and oxygen atoms in total. The molecule has 1 N–H and O–H groups in total. The normalized spacial score (nSPS) is 21.5. The zero-order chi connectivity index (χ0) is 23.2. The number of carboxylic acid groups (broad SMARTS) is 1.